The van der Waals surface area contributed by atoms with Gasteiger partial charge in [0.15, 0.2) is 29.9 Å². The summed E-state index contributed by atoms with van der Waals surface area (Å²) in [6.07, 6.45) is 8.96. The Kier molecular flexibility index (Phi) is 6.05. The van der Waals surface area contributed by atoms with Crippen LogP contribution < -0.4 is 0 Å². The predicted molar refractivity (Wildman–Crippen MR) is 89.5 cm³/mol. The summed E-state index contributed by atoms with van der Waals surface area (Å²) in [5, 5.41) is 7.63. The van der Waals surface area contributed by atoms with Crippen molar-refractivity contribution in [3.8, 4) is 0 Å². The van der Waals surface area contributed by atoms with Crippen LogP contribution in [-0.2, 0) is 28.7 Å². The largest absolute Gasteiger partial charge is 0.492 e. The number of rotatable bonds is 6. The Balaban J connectivity index is 2.24. The molecule has 8 nitrogen and oxygen atoms in total. The first-order valence-electron chi connectivity index (χ1n) is 7.28. The highest BCUT2D eigenvalue weighted by atomic mass is 16.5. The monoisotopic (exact) mass is 354 g/mol. The molecule has 2 aliphatic rings. The molecule has 0 aromatic heterocycles. The summed E-state index contributed by atoms with van der Waals surface area (Å²) in [5.41, 5.74) is 0.615. The van der Waals surface area contributed by atoms with Crippen molar-refractivity contribution in [2.24, 2.45) is 10.2 Å². The molecule has 0 aromatic carbocycles. The zero-order valence-electron chi connectivity index (χ0n) is 14.0. The van der Waals surface area contributed by atoms with Crippen LogP contribution in [0.1, 0.15) is 0 Å². The molecule has 0 heterocycles. The topological polar surface area (TPSA) is 111 Å². The lowest BCUT2D eigenvalue weighted by Crippen LogP contribution is -2.13. The zero-order valence-corrected chi connectivity index (χ0v) is 14.0. The Bertz CT molecular complexity index is 825. The second-order valence-corrected chi connectivity index (χ2v) is 5.01. The van der Waals surface area contributed by atoms with Gasteiger partial charge in [-0.25, -0.2) is 0 Å². The van der Waals surface area contributed by atoms with Gasteiger partial charge < -0.3 is 9.47 Å². The van der Waals surface area contributed by atoms with E-state index in [4.69, 9.17) is 9.47 Å². The molecule has 2 aliphatic carbocycles. The van der Waals surface area contributed by atoms with Gasteiger partial charge in [-0.1, -0.05) is 0 Å². The number of carbonyl (C=O) groups is 4. The number of ketones is 2. The Hall–Kier alpha value is -3.68. The van der Waals surface area contributed by atoms with Crippen molar-refractivity contribution in [1.82, 2.24) is 0 Å². The van der Waals surface area contributed by atoms with E-state index in [1.54, 1.807) is 0 Å². The van der Waals surface area contributed by atoms with Crippen LogP contribution in [0.4, 0.5) is 0 Å². The summed E-state index contributed by atoms with van der Waals surface area (Å²) in [5.74, 6) is -0.803. The normalized spacial score (nSPS) is 17.2. The van der Waals surface area contributed by atoms with E-state index in [0.29, 0.717) is 23.7 Å². The third kappa shape index (κ3) is 4.04. The van der Waals surface area contributed by atoms with Crippen molar-refractivity contribution in [1.29, 1.82) is 0 Å². The molecule has 0 amide bonds. The van der Waals surface area contributed by atoms with E-state index in [9.17, 15) is 19.2 Å². The first-order chi connectivity index (χ1) is 12.5. The summed E-state index contributed by atoms with van der Waals surface area (Å²) in [6.45, 7) is 0. The van der Waals surface area contributed by atoms with E-state index in [1.807, 2.05) is 0 Å². The molecule has 0 fully saturated rings. The van der Waals surface area contributed by atoms with Gasteiger partial charge >= 0.3 is 0 Å². The van der Waals surface area contributed by atoms with Crippen LogP contribution in [0.5, 0.6) is 0 Å². The SMILES string of the molecule is COC1=CC(=CN=NC=C2C=C(C=O)C(=O)C(C=O)=C2)C=C(OC)C1=O. The van der Waals surface area contributed by atoms with Crippen molar-refractivity contribution in [3.63, 3.8) is 0 Å². The van der Waals surface area contributed by atoms with Crippen molar-refractivity contribution in [3.05, 3.63) is 70.5 Å². The van der Waals surface area contributed by atoms with Crippen LogP contribution in [0, 0.1) is 0 Å². The quantitative estimate of drug-likeness (QED) is 0.408. The van der Waals surface area contributed by atoms with E-state index < -0.39 is 5.78 Å². The second kappa shape index (κ2) is 8.43. The van der Waals surface area contributed by atoms with Gasteiger partial charge in [-0.2, -0.15) is 10.2 Å². The third-order valence-electron chi connectivity index (χ3n) is 3.39. The van der Waals surface area contributed by atoms with Crippen molar-refractivity contribution >= 4 is 24.1 Å². The maximum atomic E-state index is 11.8. The maximum Gasteiger partial charge on any atom is 0.261 e. The molecule has 0 spiro atoms. The second-order valence-electron chi connectivity index (χ2n) is 5.01. The van der Waals surface area contributed by atoms with E-state index in [1.165, 1.54) is 50.9 Å². The van der Waals surface area contributed by atoms with Crippen LogP contribution in [-0.4, -0.2) is 38.4 Å². The number of nitrogens with zero attached hydrogens (tertiary/aromatic N) is 2. The molecule has 0 bridgehead atoms. The first kappa shape index (κ1) is 18.7. The van der Waals surface area contributed by atoms with Crippen LogP contribution in [0.3, 0.4) is 0 Å². The summed E-state index contributed by atoms with van der Waals surface area (Å²) in [4.78, 5) is 45.2. The van der Waals surface area contributed by atoms with Crippen molar-refractivity contribution in [2.45, 2.75) is 0 Å². The minimum Gasteiger partial charge on any atom is -0.492 e. The molecule has 0 unspecified atom stereocenters. The number of ether oxygens (including phenoxy) is 2. The van der Waals surface area contributed by atoms with Crippen molar-refractivity contribution in [2.75, 3.05) is 14.2 Å². The summed E-state index contributed by atoms with van der Waals surface area (Å²) in [6, 6.07) is 0. The number of hydrogen-bond acceptors (Lipinski definition) is 8. The average molecular weight is 354 g/mol. The van der Waals surface area contributed by atoms with Crippen LogP contribution in [0.25, 0.3) is 0 Å². The number of carbonyl (C=O) groups excluding carboxylic acids is 4. The van der Waals surface area contributed by atoms with Crippen LogP contribution in [0.2, 0.25) is 0 Å². The molecule has 0 atom stereocenters. The first-order valence-corrected chi connectivity index (χ1v) is 7.28. The highest BCUT2D eigenvalue weighted by Gasteiger charge is 2.21. The lowest BCUT2D eigenvalue weighted by Gasteiger charge is -2.12. The number of hydrogen-bond donors (Lipinski definition) is 0. The molecule has 0 aliphatic heterocycles. The smallest absolute Gasteiger partial charge is 0.261 e. The van der Waals surface area contributed by atoms with E-state index in [-0.39, 0.29) is 28.4 Å². The standard InChI is InChI=1S/C18H14N2O6/c1-25-15-5-12(6-16(26-2)18(15)24)8-20-19-7-11-3-13(9-21)17(23)14(4-11)10-22/h3-10H,1-2H3. The number of methoxy groups -OCH3 is 2. The fourth-order valence-electron chi connectivity index (χ4n) is 2.12. The molecule has 0 radical (unpaired) electrons. The van der Waals surface area contributed by atoms with E-state index >= 15 is 0 Å². The fraction of sp³-hybridized carbons (Fsp3) is 0.111. The molecular formula is C18H14N2O6. The average Bonchev–Trinajstić information content (AvgIpc) is 2.66. The predicted octanol–water partition coefficient (Wildman–Crippen LogP) is 1.68. The third-order valence-corrected chi connectivity index (χ3v) is 3.39. The number of aldehydes is 2. The zero-order chi connectivity index (χ0) is 19.1. The number of Topliss-reactive ketones (excluding diaryl/α,β-unsaturated/α-hetero) is 2. The highest BCUT2D eigenvalue weighted by molar-refractivity contribution is 6.28. The highest BCUT2D eigenvalue weighted by Crippen LogP contribution is 2.20. The minimum atomic E-state index is -0.632. The Labute approximate surface area is 148 Å². The summed E-state index contributed by atoms with van der Waals surface area (Å²) in [7, 11) is 2.73. The van der Waals surface area contributed by atoms with E-state index in [0.717, 1.165) is 0 Å². The van der Waals surface area contributed by atoms with Gasteiger partial charge in [-0.15, -0.1) is 0 Å². The molecule has 0 saturated heterocycles. The van der Waals surface area contributed by atoms with Gasteiger partial charge in [-0.3, -0.25) is 19.2 Å². The lowest BCUT2D eigenvalue weighted by molar-refractivity contribution is -0.118. The minimum absolute atomic E-state index is 0.104. The van der Waals surface area contributed by atoms with E-state index in [2.05, 4.69) is 10.2 Å². The van der Waals surface area contributed by atoms with Gasteiger partial charge in [0.2, 0.25) is 0 Å². The van der Waals surface area contributed by atoms with Gasteiger partial charge in [0, 0.05) is 5.57 Å². The van der Waals surface area contributed by atoms with Gasteiger partial charge in [0.1, 0.15) is 0 Å². The molecule has 0 N–H and O–H groups in total. The van der Waals surface area contributed by atoms with Gasteiger partial charge in [0.25, 0.3) is 5.78 Å². The molecule has 2 rings (SSSR count). The molecule has 26 heavy (non-hydrogen) atoms. The Morgan fingerprint density at radius 3 is 1.54 bits per heavy atom. The van der Waals surface area contributed by atoms with Crippen LogP contribution in [0.15, 0.2) is 80.7 Å². The maximum absolute atomic E-state index is 11.8. The summed E-state index contributed by atoms with van der Waals surface area (Å²) >= 11 is 0. The Morgan fingerprint density at radius 2 is 1.15 bits per heavy atom. The fourth-order valence-corrected chi connectivity index (χ4v) is 2.12. The summed E-state index contributed by atoms with van der Waals surface area (Å²) < 4.78 is 9.96. The van der Waals surface area contributed by atoms with Gasteiger partial charge in [-0.05, 0) is 29.9 Å². The number of allylic oxidation sites excluding steroid dienone is 8. The Morgan fingerprint density at radius 1 is 0.731 bits per heavy atom. The van der Waals surface area contributed by atoms with Gasteiger partial charge in [0.05, 0.1) is 37.8 Å². The lowest BCUT2D eigenvalue weighted by atomic mass is 9.96. The van der Waals surface area contributed by atoms with Crippen LogP contribution >= 0.6 is 0 Å². The number of azo groups is 1. The molecular weight excluding hydrogens is 340 g/mol. The molecule has 0 saturated carbocycles. The molecule has 8 heteroatoms. The molecule has 0 aromatic rings. The molecule has 132 valence electrons. The van der Waals surface area contributed by atoms with Crippen molar-refractivity contribution < 1.29 is 28.7 Å².